The van der Waals surface area contributed by atoms with Crippen molar-refractivity contribution < 1.29 is 14.3 Å². The lowest BCUT2D eigenvalue weighted by molar-refractivity contribution is -0.123. The molecule has 1 aromatic carbocycles. The number of rotatable bonds is 3. The predicted octanol–water partition coefficient (Wildman–Crippen LogP) is 2.32. The zero-order chi connectivity index (χ0) is 14.3. The van der Waals surface area contributed by atoms with Crippen LogP contribution in [0.15, 0.2) is 30.4 Å². The van der Waals surface area contributed by atoms with Gasteiger partial charge in [-0.15, -0.1) is 0 Å². The lowest BCUT2D eigenvalue weighted by atomic mass is 9.92. The standard InChI is InChI=1S/C17H19NO3/c19-16-3-1-7-17(16)8-2-9-18(17)10-6-13-4-5-14-15(11-13)21-12-20-14/h1,3-5,11H,2,6-10,12H2/t17-/m1/s1. The molecule has 0 aromatic heterocycles. The van der Waals surface area contributed by atoms with Gasteiger partial charge in [0.15, 0.2) is 17.3 Å². The van der Waals surface area contributed by atoms with Crippen LogP contribution in [0.4, 0.5) is 0 Å². The van der Waals surface area contributed by atoms with Crippen molar-refractivity contribution in [1.29, 1.82) is 0 Å². The highest BCUT2D eigenvalue weighted by atomic mass is 16.7. The smallest absolute Gasteiger partial charge is 0.231 e. The Morgan fingerprint density at radius 2 is 2.14 bits per heavy atom. The van der Waals surface area contributed by atoms with E-state index in [4.69, 9.17) is 9.47 Å². The molecule has 0 unspecified atom stereocenters. The van der Waals surface area contributed by atoms with E-state index >= 15 is 0 Å². The van der Waals surface area contributed by atoms with Gasteiger partial charge in [0.25, 0.3) is 0 Å². The Morgan fingerprint density at radius 1 is 1.24 bits per heavy atom. The first-order chi connectivity index (χ1) is 10.3. The summed E-state index contributed by atoms with van der Waals surface area (Å²) in [7, 11) is 0. The van der Waals surface area contributed by atoms with Crippen molar-refractivity contribution in [3.05, 3.63) is 35.9 Å². The van der Waals surface area contributed by atoms with Crippen LogP contribution in [0.5, 0.6) is 11.5 Å². The molecule has 4 rings (SSSR count). The molecule has 1 spiro atoms. The fourth-order valence-corrected chi connectivity index (χ4v) is 3.75. The van der Waals surface area contributed by atoms with Gasteiger partial charge in [-0.05, 0) is 56.0 Å². The van der Waals surface area contributed by atoms with Crippen LogP contribution in [0.3, 0.4) is 0 Å². The maximum Gasteiger partial charge on any atom is 0.231 e. The van der Waals surface area contributed by atoms with Gasteiger partial charge < -0.3 is 9.47 Å². The third kappa shape index (κ3) is 2.05. The van der Waals surface area contributed by atoms with Gasteiger partial charge in [-0.1, -0.05) is 12.1 Å². The second-order valence-corrected chi connectivity index (χ2v) is 6.03. The monoisotopic (exact) mass is 285 g/mol. The molecule has 3 aliphatic rings. The first-order valence-corrected chi connectivity index (χ1v) is 7.62. The zero-order valence-corrected chi connectivity index (χ0v) is 12.0. The van der Waals surface area contributed by atoms with Crippen LogP contribution in [0, 0.1) is 0 Å². The van der Waals surface area contributed by atoms with Gasteiger partial charge in [0.05, 0.1) is 5.54 Å². The summed E-state index contributed by atoms with van der Waals surface area (Å²) in [6.45, 7) is 2.26. The van der Waals surface area contributed by atoms with E-state index in [9.17, 15) is 4.79 Å². The maximum absolute atomic E-state index is 12.2. The van der Waals surface area contributed by atoms with Gasteiger partial charge in [-0.3, -0.25) is 9.69 Å². The highest BCUT2D eigenvalue weighted by molar-refractivity contribution is 6.00. The van der Waals surface area contributed by atoms with Crippen molar-refractivity contribution in [3.63, 3.8) is 0 Å². The van der Waals surface area contributed by atoms with E-state index in [0.717, 1.165) is 50.3 Å². The van der Waals surface area contributed by atoms with Gasteiger partial charge in [0.1, 0.15) is 0 Å². The number of hydrogen-bond acceptors (Lipinski definition) is 4. The van der Waals surface area contributed by atoms with Crippen molar-refractivity contribution in [2.45, 2.75) is 31.2 Å². The number of carbonyl (C=O) groups excluding carboxylic acids is 1. The van der Waals surface area contributed by atoms with Crippen LogP contribution in [0.1, 0.15) is 24.8 Å². The van der Waals surface area contributed by atoms with Gasteiger partial charge in [-0.2, -0.15) is 0 Å². The van der Waals surface area contributed by atoms with E-state index in [2.05, 4.69) is 17.0 Å². The van der Waals surface area contributed by atoms with Gasteiger partial charge in [-0.25, -0.2) is 0 Å². The highest BCUT2D eigenvalue weighted by Gasteiger charge is 2.46. The van der Waals surface area contributed by atoms with Crippen molar-refractivity contribution in [2.24, 2.45) is 0 Å². The summed E-state index contributed by atoms with van der Waals surface area (Å²) in [4.78, 5) is 14.6. The molecule has 4 heteroatoms. The molecular formula is C17H19NO3. The Labute approximate surface area is 124 Å². The molecule has 2 aliphatic heterocycles. The number of benzene rings is 1. The number of hydrogen-bond donors (Lipinski definition) is 0. The minimum atomic E-state index is -0.226. The van der Waals surface area contributed by atoms with Crippen molar-refractivity contribution in [2.75, 3.05) is 19.9 Å². The second-order valence-electron chi connectivity index (χ2n) is 6.03. The molecule has 2 heterocycles. The summed E-state index contributed by atoms with van der Waals surface area (Å²) in [6, 6.07) is 6.12. The summed E-state index contributed by atoms with van der Waals surface area (Å²) in [5.74, 6) is 1.96. The summed E-state index contributed by atoms with van der Waals surface area (Å²) < 4.78 is 10.8. The molecule has 21 heavy (non-hydrogen) atoms. The Hall–Kier alpha value is -1.81. The molecular weight excluding hydrogens is 266 g/mol. The van der Waals surface area contributed by atoms with Gasteiger partial charge >= 0.3 is 0 Å². The summed E-state index contributed by atoms with van der Waals surface area (Å²) in [5.41, 5.74) is 1.01. The van der Waals surface area contributed by atoms with Crippen LogP contribution in [-0.4, -0.2) is 36.1 Å². The van der Waals surface area contributed by atoms with Crippen LogP contribution >= 0.6 is 0 Å². The summed E-state index contributed by atoms with van der Waals surface area (Å²) in [5, 5.41) is 0. The molecule has 4 nitrogen and oxygen atoms in total. The number of likely N-dealkylation sites (tertiary alicyclic amines) is 1. The minimum Gasteiger partial charge on any atom is -0.454 e. The van der Waals surface area contributed by atoms with Crippen molar-refractivity contribution in [3.8, 4) is 11.5 Å². The first kappa shape index (κ1) is 12.9. The molecule has 0 radical (unpaired) electrons. The Bertz CT molecular complexity index is 610. The summed E-state index contributed by atoms with van der Waals surface area (Å²) in [6.07, 6.45) is 7.73. The number of carbonyl (C=O) groups is 1. The average molecular weight is 285 g/mol. The normalized spacial score (nSPS) is 27.1. The van der Waals surface area contributed by atoms with E-state index in [0.29, 0.717) is 12.6 Å². The predicted molar refractivity (Wildman–Crippen MR) is 78.6 cm³/mol. The Kier molecular flexibility index (Phi) is 3.00. The second kappa shape index (κ2) is 4.88. The number of nitrogens with zero attached hydrogens (tertiary/aromatic N) is 1. The van der Waals surface area contributed by atoms with Crippen molar-refractivity contribution >= 4 is 5.78 Å². The van der Waals surface area contributed by atoms with Crippen LogP contribution in [-0.2, 0) is 11.2 Å². The molecule has 0 N–H and O–H groups in total. The first-order valence-electron chi connectivity index (χ1n) is 7.62. The Morgan fingerprint density at radius 3 is 3.00 bits per heavy atom. The van der Waals surface area contributed by atoms with E-state index in [1.165, 1.54) is 5.56 Å². The highest BCUT2D eigenvalue weighted by Crippen LogP contribution is 2.38. The Balaban J connectivity index is 1.46. The van der Waals surface area contributed by atoms with Crippen LogP contribution in [0.2, 0.25) is 0 Å². The van der Waals surface area contributed by atoms with E-state index < -0.39 is 0 Å². The zero-order valence-electron chi connectivity index (χ0n) is 12.0. The largest absolute Gasteiger partial charge is 0.454 e. The third-order valence-corrected chi connectivity index (χ3v) is 4.91. The molecule has 1 saturated heterocycles. The van der Waals surface area contributed by atoms with Crippen molar-refractivity contribution in [1.82, 2.24) is 4.90 Å². The fourth-order valence-electron chi connectivity index (χ4n) is 3.75. The fraction of sp³-hybridized carbons (Fsp3) is 0.471. The molecule has 110 valence electrons. The molecule has 0 amide bonds. The molecule has 1 fully saturated rings. The van der Waals surface area contributed by atoms with Crippen LogP contribution in [0.25, 0.3) is 0 Å². The van der Waals surface area contributed by atoms with E-state index in [-0.39, 0.29) is 5.54 Å². The van der Waals surface area contributed by atoms with Gasteiger partial charge in [0.2, 0.25) is 6.79 Å². The third-order valence-electron chi connectivity index (χ3n) is 4.91. The van der Waals surface area contributed by atoms with E-state index in [1.807, 2.05) is 12.1 Å². The summed E-state index contributed by atoms with van der Waals surface area (Å²) >= 11 is 0. The number of ether oxygens (including phenoxy) is 2. The topological polar surface area (TPSA) is 38.8 Å². The average Bonchev–Trinajstić information content (AvgIpc) is 3.19. The number of ketones is 1. The molecule has 0 saturated carbocycles. The molecule has 1 atom stereocenters. The molecule has 0 bridgehead atoms. The minimum absolute atomic E-state index is 0.226. The maximum atomic E-state index is 12.2. The van der Waals surface area contributed by atoms with Crippen LogP contribution < -0.4 is 9.47 Å². The number of fused-ring (bicyclic) bond motifs is 1. The van der Waals surface area contributed by atoms with Gasteiger partial charge in [0, 0.05) is 6.54 Å². The van der Waals surface area contributed by atoms with E-state index in [1.54, 1.807) is 6.08 Å². The quantitative estimate of drug-likeness (QED) is 0.854. The lowest BCUT2D eigenvalue weighted by Gasteiger charge is -2.33. The lowest BCUT2D eigenvalue weighted by Crippen LogP contribution is -2.48. The molecule has 1 aromatic rings. The SMILES string of the molecule is O=C1C=CC[C@@]12CCCN2CCc1ccc2c(c1)OCO2. The molecule has 1 aliphatic carbocycles.